The summed E-state index contributed by atoms with van der Waals surface area (Å²) in [6.07, 6.45) is 7.60. The molecule has 0 rings (SSSR count). The summed E-state index contributed by atoms with van der Waals surface area (Å²) >= 11 is 0. The summed E-state index contributed by atoms with van der Waals surface area (Å²) in [5.41, 5.74) is 0. The van der Waals surface area contributed by atoms with E-state index in [1.165, 1.54) is 18.2 Å². The maximum Gasteiger partial charge on any atom is 0.235 e. The summed E-state index contributed by atoms with van der Waals surface area (Å²) in [4.78, 5) is 40.7. The topological polar surface area (TPSA) is 88.3 Å². The Hall–Kier alpha value is -1.86. The Labute approximate surface area is 106 Å². The normalized spacial score (nSPS) is 12.5. The largest absolute Gasteiger partial charge is 0.235 e. The average molecular weight is 251 g/mol. The lowest BCUT2D eigenvalue weighted by atomic mass is 9.94. The van der Waals surface area contributed by atoms with E-state index in [9.17, 15) is 14.4 Å². The number of aliphatic imine (C=N–C) groups is 3. The molecular weight excluding hydrogens is 234 g/mol. The zero-order chi connectivity index (χ0) is 13.6. The summed E-state index contributed by atoms with van der Waals surface area (Å²) in [6.45, 7) is 2.68. The van der Waals surface area contributed by atoms with Crippen LogP contribution in [0.4, 0.5) is 0 Å². The fourth-order valence-electron chi connectivity index (χ4n) is 1.65. The number of hydrogen-bond donors (Lipinski definition) is 0. The van der Waals surface area contributed by atoms with Gasteiger partial charge in [-0.15, -0.1) is 0 Å². The van der Waals surface area contributed by atoms with Gasteiger partial charge in [-0.2, -0.15) is 0 Å². The lowest BCUT2D eigenvalue weighted by Crippen LogP contribution is -2.08. The van der Waals surface area contributed by atoms with Gasteiger partial charge in [0.25, 0.3) is 0 Å². The van der Waals surface area contributed by atoms with Crippen molar-refractivity contribution in [3.63, 3.8) is 0 Å². The lowest BCUT2D eigenvalue weighted by molar-refractivity contribution is 0.403. The maximum absolute atomic E-state index is 10.1. The number of nitrogens with zero attached hydrogens (tertiary/aromatic N) is 3. The molecule has 0 aromatic rings. The van der Waals surface area contributed by atoms with Crippen molar-refractivity contribution >= 4 is 18.2 Å². The second-order valence-electron chi connectivity index (χ2n) is 4.04. The molecule has 0 aliphatic rings. The van der Waals surface area contributed by atoms with Crippen LogP contribution in [-0.2, 0) is 14.4 Å². The number of isocyanates is 3. The van der Waals surface area contributed by atoms with Crippen molar-refractivity contribution in [1.82, 2.24) is 0 Å². The molecule has 6 heteroatoms. The Bertz CT molecular complexity index is 343. The van der Waals surface area contributed by atoms with Crippen LogP contribution in [0.25, 0.3) is 0 Å². The highest BCUT2D eigenvalue weighted by molar-refractivity contribution is 5.33. The smallest absolute Gasteiger partial charge is 0.211 e. The van der Waals surface area contributed by atoms with Crippen molar-refractivity contribution in [2.45, 2.75) is 38.6 Å². The van der Waals surface area contributed by atoms with Crippen LogP contribution in [0, 0.1) is 5.92 Å². The van der Waals surface area contributed by atoms with Crippen molar-refractivity contribution in [2.24, 2.45) is 20.9 Å². The minimum atomic E-state index is -0.0610. The summed E-state index contributed by atoms with van der Waals surface area (Å²) in [5, 5.41) is 0. The van der Waals surface area contributed by atoms with Crippen LogP contribution >= 0.6 is 0 Å². The first-order chi connectivity index (χ1) is 8.74. The monoisotopic (exact) mass is 251 g/mol. The molecule has 0 amide bonds. The quantitative estimate of drug-likeness (QED) is 0.436. The summed E-state index contributed by atoms with van der Waals surface area (Å²) < 4.78 is 0. The van der Waals surface area contributed by atoms with Crippen LogP contribution in [0.2, 0.25) is 0 Å². The number of rotatable bonds is 10. The molecule has 0 aromatic carbocycles. The zero-order valence-electron chi connectivity index (χ0n) is 10.5. The van der Waals surface area contributed by atoms with Crippen molar-refractivity contribution in [1.29, 1.82) is 0 Å². The average Bonchev–Trinajstić information content (AvgIpc) is 2.36. The molecular formula is C12H17N3O3. The zero-order valence-corrected chi connectivity index (χ0v) is 10.5. The van der Waals surface area contributed by atoms with E-state index in [0.717, 1.165) is 25.7 Å². The maximum atomic E-state index is 10.1. The Balaban J connectivity index is 4.12. The van der Waals surface area contributed by atoms with Crippen LogP contribution < -0.4 is 0 Å². The summed E-state index contributed by atoms with van der Waals surface area (Å²) in [5.74, 6) is 0.295. The Kier molecular flexibility index (Phi) is 10.4. The van der Waals surface area contributed by atoms with E-state index >= 15 is 0 Å². The van der Waals surface area contributed by atoms with Crippen LogP contribution in [-0.4, -0.2) is 37.4 Å². The fraction of sp³-hybridized carbons (Fsp3) is 0.750. The van der Waals surface area contributed by atoms with Gasteiger partial charge in [0, 0.05) is 0 Å². The van der Waals surface area contributed by atoms with E-state index in [1.54, 1.807) is 0 Å². The highest BCUT2D eigenvalue weighted by Crippen LogP contribution is 2.18. The van der Waals surface area contributed by atoms with E-state index in [4.69, 9.17) is 0 Å². The number of hydrogen-bond acceptors (Lipinski definition) is 6. The summed E-state index contributed by atoms with van der Waals surface area (Å²) in [6, 6.07) is -0.0610. The van der Waals surface area contributed by atoms with Gasteiger partial charge in [-0.05, 0) is 38.5 Å². The Morgan fingerprint density at radius 2 is 1.39 bits per heavy atom. The molecule has 0 fully saturated rings. The first-order valence-electron chi connectivity index (χ1n) is 5.88. The molecule has 6 nitrogen and oxygen atoms in total. The third kappa shape index (κ3) is 9.37. The molecule has 18 heavy (non-hydrogen) atoms. The van der Waals surface area contributed by atoms with Gasteiger partial charge in [0.2, 0.25) is 18.2 Å². The molecule has 0 saturated carbocycles. The van der Waals surface area contributed by atoms with Crippen LogP contribution in [0.15, 0.2) is 15.0 Å². The molecule has 0 spiro atoms. The van der Waals surface area contributed by atoms with Gasteiger partial charge in [0.05, 0.1) is 19.1 Å². The first kappa shape index (κ1) is 16.1. The summed E-state index contributed by atoms with van der Waals surface area (Å²) in [7, 11) is 0. The molecule has 0 aliphatic heterocycles. The highest BCUT2D eigenvalue weighted by atomic mass is 16.1. The SMILES string of the molecule is C[C@@H](CCC(CCN=C=O)CCN=C=O)N=C=O. The molecule has 0 unspecified atom stereocenters. The molecule has 0 bridgehead atoms. The van der Waals surface area contributed by atoms with E-state index < -0.39 is 0 Å². The molecule has 0 N–H and O–H groups in total. The highest BCUT2D eigenvalue weighted by Gasteiger charge is 2.10. The molecule has 98 valence electrons. The van der Waals surface area contributed by atoms with Gasteiger partial charge in [-0.25, -0.2) is 29.4 Å². The van der Waals surface area contributed by atoms with Gasteiger partial charge in [-0.3, -0.25) is 0 Å². The fourth-order valence-corrected chi connectivity index (χ4v) is 1.65. The molecule has 1 atom stereocenters. The van der Waals surface area contributed by atoms with Gasteiger partial charge >= 0.3 is 0 Å². The first-order valence-corrected chi connectivity index (χ1v) is 5.88. The predicted molar refractivity (Wildman–Crippen MR) is 65.5 cm³/mol. The standard InChI is InChI=1S/C12H17N3O3/c1-11(15-10-18)2-3-12(4-6-13-8-16)5-7-14-9-17/h11-12H,2-7H2,1H3/t11-/m0/s1. The van der Waals surface area contributed by atoms with Crippen LogP contribution in [0.1, 0.15) is 32.6 Å². The third-order valence-corrected chi connectivity index (χ3v) is 2.69. The van der Waals surface area contributed by atoms with E-state index in [0.29, 0.717) is 19.0 Å². The number of carbonyl (C=O) groups excluding carboxylic acids is 3. The molecule has 0 aromatic heterocycles. The molecule has 0 aliphatic carbocycles. The minimum Gasteiger partial charge on any atom is -0.211 e. The van der Waals surface area contributed by atoms with Gasteiger partial charge in [0.15, 0.2) is 0 Å². The Morgan fingerprint density at radius 1 is 0.833 bits per heavy atom. The van der Waals surface area contributed by atoms with E-state index in [2.05, 4.69) is 15.0 Å². The van der Waals surface area contributed by atoms with Crippen LogP contribution in [0.5, 0.6) is 0 Å². The Morgan fingerprint density at radius 3 is 1.83 bits per heavy atom. The van der Waals surface area contributed by atoms with Gasteiger partial charge in [-0.1, -0.05) is 0 Å². The van der Waals surface area contributed by atoms with Crippen molar-refractivity contribution in [2.75, 3.05) is 13.1 Å². The van der Waals surface area contributed by atoms with Gasteiger partial charge < -0.3 is 0 Å². The second kappa shape index (κ2) is 11.6. The predicted octanol–water partition coefficient (Wildman–Crippen LogP) is 1.56. The third-order valence-electron chi connectivity index (χ3n) is 2.69. The van der Waals surface area contributed by atoms with Crippen molar-refractivity contribution in [3.8, 4) is 0 Å². The van der Waals surface area contributed by atoms with Crippen LogP contribution in [0.3, 0.4) is 0 Å². The molecule has 0 heterocycles. The van der Waals surface area contributed by atoms with Gasteiger partial charge in [0.1, 0.15) is 0 Å². The van der Waals surface area contributed by atoms with Crippen molar-refractivity contribution < 1.29 is 14.4 Å². The molecule has 0 saturated heterocycles. The lowest BCUT2D eigenvalue weighted by Gasteiger charge is -2.15. The van der Waals surface area contributed by atoms with Crippen molar-refractivity contribution in [3.05, 3.63) is 0 Å². The van der Waals surface area contributed by atoms with E-state index in [1.807, 2.05) is 6.92 Å². The minimum absolute atomic E-state index is 0.0610. The molecule has 0 radical (unpaired) electrons. The van der Waals surface area contributed by atoms with E-state index in [-0.39, 0.29) is 6.04 Å². The second-order valence-corrected chi connectivity index (χ2v) is 4.04.